The highest BCUT2D eigenvalue weighted by atomic mass is 32.1. The summed E-state index contributed by atoms with van der Waals surface area (Å²) >= 11 is 3.53. The third-order valence-corrected chi connectivity index (χ3v) is 3.86. The Hall–Kier alpha value is -0.860. The molecule has 2 unspecified atom stereocenters. The molecule has 0 radical (unpaired) electrons. The summed E-state index contributed by atoms with van der Waals surface area (Å²) in [6.07, 6.45) is 5.11. The fraction of sp³-hybridized carbons (Fsp3) is 0.688. The number of aromatic nitrogens is 1. The van der Waals surface area contributed by atoms with Crippen molar-refractivity contribution in [3.8, 4) is 5.88 Å². The Morgan fingerprint density at radius 2 is 2.04 bits per heavy atom. The zero-order chi connectivity index (χ0) is 17.1. The van der Waals surface area contributed by atoms with Gasteiger partial charge in [-0.1, -0.05) is 0 Å². The number of likely N-dealkylation sites (tertiary alicyclic amines) is 1. The van der Waals surface area contributed by atoms with Crippen molar-refractivity contribution in [2.45, 2.75) is 25.0 Å². The molecule has 1 saturated heterocycles. The van der Waals surface area contributed by atoms with Crippen molar-refractivity contribution in [2.24, 2.45) is 0 Å². The van der Waals surface area contributed by atoms with Crippen LogP contribution < -0.4 is 10.1 Å². The van der Waals surface area contributed by atoms with Gasteiger partial charge in [0.2, 0.25) is 5.88 Å². The molecule has 0 spiro atoms. The third-order valence-electron chi connectivity index (χ3n) is 3.86. The average Bonchev–Trinajstić information content (AvgIpc) is 3.13. The number of pyridine rings is 1. The normalized spacial score (nSPS) is 17.3. The van der Waals surface area contributed by atoms with Crippen LogP contribution in [0, 0.1) is 0 Å². The maximum absolute atomic E-state index is 10.6. The van der Waals surface area contributed by atoms with Gasteiger partial charge in [0, 0.05) is 30.9 Å². The van der Waals surface area contributed by atoms with Crippen LogP contribution in [0.15, 0.2) is 18.3 Å². The highest BCUT2D eigenvalue weighted by molar-refractivity contribution is 7.79. The first kappa shape index (κ1) is 20.2. The number of nitrogens with one attached hydrogen (secondary N) is 1. The Kier molecular flexibility index (Phi) is 10.2. The van der Waals surface area contributed by atoms with Crippen molar-refractivity contribution in [1.29, 1.82) is 0 Å². The molecular weight excluding hydrogens is 314 g/mol. The van der Waals surface area contributed by atoms with Crippen LogP contribution >= 0.6 is 12.6 Å². The Labute approximate surface area is 144 Å². The minimum Gasteiger partial charge on any atom is -0.481 e. The number of nitrogens with zero attached hydrogens (tertiary/aromatic N) is 2. The number of thiol groups is 1. The molecule has 3 N–H and O–H groups in total. The molecule has 132 valence electrons. The molecule has 7 heteroatoms. The average molecular weight is 343 g/mol. The molecule has 1 aliphatic rings. The van der Waals surface area contributed by atoms with E-state index >= 15 is 0 Å². The van der Waals surface area contributed by atoms with Crippen LogP contribution in [0.2, 0.25) is 0 Å². The summed E-state index contributed by atoms with van der Waals surface area (Å²) in [4.78, 5) is 6.48. The van der Waals surface area contributed by atoms with Gasteiger partial charge in [-0.2, -0.15) is 12.6 Å². The van der Waals surface area contributed by atoms with Crippen LogP contribution in [0.3, 0.4) is 0 Å². The highest BCUT2D eigenvalue weighted by Gasteiger charge is 2.24. The molecule has 2 heterocycles. The highest BCUT2D eigenvalue weighted by Crippen LogP contribution is 2.20. The number of rotatable bonds is 8. The number of aliphatic hydroxyl groups is 2. The van der Waals surface area contributed by atoms with Crippen LogP contribution in [-0.2, 0) is 0 Å². The maximum Gasteiger partial charge on any atom is 0.212 e. The molecule has 6 nitrogen and oxygen atoms in total. The lowest BCUT2D eigenvalue weighted by Crippen LogP contribution is -2.45. The first-order valence-electron chi connectivity index (χ1n) is 7.94. The van der Waals surface area contributed by atoms with Crippen molar-refractivity contribution < 1.29 is 14.9 Å². The van der Waals surface area contributed by atoms with Crippen LogP contribution in [-0.4, -0.2) is 72.3 Å². The molecule has 1 aromatic rings. The van der Waals surface area contributed by atoms with Gasteiger partial charge >= 0.3 is 0 Å². The minimum atomic E-state index is -0.657. The van der Waals surface area contributed by atoms with Gasteiger partial charge in [0.15, 0.2) is 0 Å². The summed E-state index contributed by atoms with van der Waals surface area (Å²) < 4.78 is 5.03. The second-order valence-corrected chi connectivity index (χ2v) is 5.37. The van der Waals surface area contributed by atoms with E-state index in [-0.39, 0.29) is 12.6 Å². The Balaban J connectivity index is 0.00000127. The fourth-order valence-corrected chi connectivity index (χ4v) is 2.69. The van der Waals surface area contributed by atoms with E-state index in [2.05, 4.69) is 27.8 Å². The predicted octanol–water partition coefficient (Wildman–Crippen LogP) is 0.716. The van der Waals surface area contributed by atoms with Gasteiger partial charge in [0.25, 0.3) is 0 Å². The molecule has 2 rings (SSSR count). The zero-order valence-electron chi connectivity index (χ0n) is 14.0. The molecule has 0 saturated carbocycles. The molecule has 1 aromatic heterocycles. The zero-order valence-corrected chi connectivity index (χ0v) is 14.9. The molecule has 0 bridgehead atoms. The molecule has 2 atom stereocenters. The largest absolute Gasteiger partial charge is 0.481 e. The smallest absolute Gasteiger partial charge is 0.212 e. The van der Waals surface area contributed by atoms with E-state index in [1.165, 1.54) is 12.8 Å². The van der Waals surface area contributed by atoms with Gasteiger partial charge in [0.05, 0.1) is 25.9 Å². The minimum absolute atomic E-state index is 0.0596. The molecular formula is C16H29N3O3S. The van der Waals surface area contributed by atoms with Gasteiger partial charge in [0.1, 0.15) is 0 Å². The van der Waals surface area contributed by atoms with E-state index in [0.29, 0.717) is 12.4 Å². The van der Waals surface area contributed by atoms with Crippen molar-refractivity contribution in [1.82, 2.24) is 15.2 Å². The first-order valence-corrected chi connectivity index (χ1v) is 8.83. The van der Waals surface area contributed by atoms with E-state index in [1.54, 1.807) is 25.6 Å². The third kappa shape index (κ3) is 6.64. The fourth-order valence-electron chi connectivity index (χ4n) is 2.69. The molecule has 0 aliphatic carbocycles. The van der Waals surface area contributed by atoms with Gasteiger partial charge in [-0.15, -0.1) is 0 Å². The summed E-state index contributed by atoms with van der Waals surface area (Å²) in [7, 11) is 1.57. The van der Waals surface area contributed by atoms with E-state index in [1.807, 2.05) is 6.07 Å². The molecule has 0 aromatic carbocycles. The van der Waals surface area contributed by atoms with Crippen molar-refractivity contribution in [2.75, 3.05) is 46.2 Å². The van der Waals surface area contributed by atoms with E-state index < -0.39 is 6.10 Å². The van der Waals surface area contributed by atoms with Crippen LogP contribution in [0.4, 0.5) is 0 Å². The molecule has 1 fully saturated rings. The summed E-state index contributed by atoms with van der Waals surface area (Å²) in [6, 6.07) is 3.46. The van der Waals surface area contributed by atoms with E-state index in [0.717, 1.165) is 25.2 Å². The second-order valence-electron chi connectivity index (χ2n) is 5.37. The quantitative estimate of drug-likeness (QED) is 0.521. The monoisotopic (exact) mass is 343 g/mol. The summed E-state index contributed by atoms with van der Waals surface area (Å²) in [5, 5.41) is 22.8. The number of methoxy groups -OCH3 is 1. The molecule has 23 heavy (non-hydrogen) atoms. The van der Waals surface area contributed by atoms with Crippen molar-refractivity contribution in [3.05, 3.63) is 23.9 Å². The summed E-state index contributed by atoms with van der Waals surface area (Å²) in [5.41, 5.74) is 0.755. The maximum atomic E-state index is 10.6. The number of hydrogen-bond acceptors (Lipinski definition) is 7. The van der Waals surface area contributed by atoms with Crippen molar-refractivity contribution in [3.63, 3.8) is 0 Å². The predicted molar refractivity (Wildman–Crippen MR) is 95.2 cm³/mol. The topological polar surface area (TPSA) is 77.9 Å². The van der Waals surface area contributed by atoms with E-state index in [4.69, 9.17) is 9.84 Å². The lowest BCUT2D eigenvalue weighted by molar-refractivity contribution is 0.103. The molecule has 0 amide bonds. The SMILES string of the molecule is COc1ccc(C(O)C(CN2CCCC2)NCCO)cn1.CS. The van der Waals surface area contributed by atoms with Gasteiger partial charge in [-0.25, -0.2) is 4.98 Å². The van der Waals surface area contributed by atoms with Crippen LogP contribution in [0.1, 0.15) is 24.5 Å². The standard InChI is InChI=1S/C15H25N3O3.CH4S/c1-21-14-5-4-12(10-17-14)15(20)13(16-6-9-19)11-18-7-2-3-8-18;1-2/h4-5,10,13,15-16,19-20H,2-3,6-9,11H2,1H3;2H,1H3. The lowest BCUT2D eigenvalue weighted by atomic mass is 10.0. The second kappa shape index (κ2) is 11.6. The van der Waals surface area contributed by atoms with Crippen molar-refractivity contribution >= 4 is 12.6 Å². The van der Waals surface area contributed by atoms with Crippen LogP contribution in [0.25, 0.3) is 0 Å². The number of ether oxygens (including phenoxy) is 1. The number of hydrogen-bond donors (Lipinski definition) is 4. The summed E-state index contributed by atoms with van der Waals surface area (Å²) in [6.45, 7) is 3.45. The van der Waals surface area contributed by atoms with Gasteiger partial charge in [-0.05, 0) is 38.3 Å². The number of aliphatic hydroxyl groups excluding tert-OH is 2. The molecule has 1 aliphatic heterocycles. The van der Waals surface area contributed by atoms with E-state index in [9.17, 15) is 5.11 Å². The van der Waals surface area contributed by atoms with Crippen LogP contribution in [0.5, 0.6) is 5.88 Å². The Bertz CT molecular complexity index is 414. The Morgan fingerprint density at radius 3 is 2.57 bits per heavy atom. The van der Waals surface area contributed by atoms with Gasteiger partial charge < -0.3 is 25.2 Å². The Morgan fingerprint density at radius 1 is 1.35 bits per heavy atom. The first-order chi connectivity index (χ1) is 11.2. The van der Waals surface area contributed by atoms with Gasteiger partial charge in [-0.3, -0.25) is 0 Å². The lowest BCUT2D eigenvalue weighted by Gasteiger charge is -2.28. The summed E-state index contributed by atoms with van der Waals surface area (Å²) in [5.74, 6) is 0.533.